The van der Waals surface area contributed by atoms with E-state index in [1.165, 1.54) is 24.3 Å². The number of aromatic nitrogens is 1. The topological polar surface area (TPSA) is 127 Å². The Kier molecular flexibility index (Phi) is 6.25. The molecule has 0 fully saturated rings. The Morgan fingerprint density at radius 1 is 1.21 bits per heavy atom. The minimum Gasteiger partial charge on any atom is -0.454 e. The summed E-state index contributed by atoms with van der Waals surface area (Å²) in [6.45, 7) is 2.87. The third-order valence-electron chi connectivity index (χ3n) is 4.73. The number of esters is 1. The zero-order valence-electron chi connectivity index (χ0n) is 17.7. The maximum Gasteiger partial charge on any atom is 0.331 e. The van der Waals surface area contributed by atoms with E-state index in [4.69, 9.17) is 4.74 Å². The molecule has 1 atom stereocenters. The largest absolute Gasteiger partial charge is 0.454 e. The molecule has 0 unspecified atom stereocenters. The van der Waals surface area contributed by atoms with Crippen molar-refractivity contribution < 1.29 is 22.7 Å². The van der Waals surface area contributed by atoms with E-state index in [1.807, 2.05) is 18.4 Å². The standard InChI is InChI=1S/C22H20N4O5S2/c1-13(23-21-17-8-3-4-9-19(17)33(29,30)26-21)22(28)31-11-20(27)25-16-7-5-6-15(10-16)18-12-32-14(2)24-18/h3-10,12-13H,11H2,1-2H3,(H,23,26)(H,25,27)/t13-/m0/s1. The molecule has 9 nitrogen and oxygen atoms in total. The molecular formula is C22H20N4O5S2. The van der Waals surface area contributed by atoms with Gasteiger partial charge in [0, 0.05) is 22.2 Å². The van der Waals surface area contributed by atoms with E-state index in [9.17, 15) is 18.0 Å². The number of ether oxygens (including phenoxy) is 1. The molecule has 0 aliphatic carbocycles. The molecule has 4 rings (SSSR count). The number of rotatable bonds is 6. The van der Waals surface area contributed by atoms with E-state index in [2.05, 4.69) is 20.0 Å². The van der Waals surface area contributed by atoms with Crippen molar-refractivity contribution in [1.29, 1.82) is 0 Å². The van der Waals surface area contributed by atoms with Crippen LogP contribution in [0.2, 0.25) is 0 Å². The van der Waals surface area contributed by atoms with Crippen LogP contribution in [0.4, 0.5) is 5.69 Å². The lowest BCUT2D eigenvalue weighted by Gasteiger charge is -2.10. The number of nitrogens with zero attached hydrogens (tertiary/aromatic N) is 2. The van der Waals surface area contributed by atoms with E-state index in [0.29, 0.717) is 11.3 Å². The number of carbonyl (C=O) groups is 2. The van der Waals surface area contributed by atoms with Gasteiger partial charge < -0.3 is 10.1 Å². The summed E-state index contributed by atoms with van der Waals surface area (Å²) < 4.78 is 31.7. The summed E-state index contributed by atoms with van der Waals surface area (Å²) in [4.78, 5) is 33.2. The van der Waals surface area contributed by atoms with Crippen LogP contribution in [0.15, 0.2) is 63.8 Å². The fraction of sp³-hybridized carbons (Fsp3) is 0.182. The Balaban J connectivity index is 1.36. The molecule has 33 heavy (non-hydrogen) atoms. The number of aliphatic imine (C=N–C) groups is 1. The van der Waals surface area contributed by atoms with Crippen LogP contribution in [0.25, 0.3) is 11.3 Å². The van der Waals surface area contributed by atoms with Crippen molar-refractivity contribution in [1.82, 2.24) is 9.71 Å². The minimum absolute atomic E-state index is 0.0635. The highest BCUT2D eigenvalue weighted by Gasteiger charge is 2.31. The van der Waals surface area contributed by atoms with Gasteiger partial charge in [0.05, 0.1) is 15.6 Å². The van der Waals surface area contributed by atoms with E-state index in [1.54, 1.807) is 36.4 Å². The third-order valence-corrected chi connectivity index (χ3v) is 6.90. The fourth-order valence-electron chi connectivity index (χ4n) is 3.18. The number of fused-ring (bicyclic) bond motifs is 1. The molecular weight excluding hydrogens is 464 g/mol. The lowest BCUT2D eigenvalue weighted by molar-refractivity contribution is -0.148. The molecule has 1 amide bonds. The van der Waals surface area contributed by atoms with Crippen molar-refractivity contribution in [2.75, 3.05) is 11.9 Å². The summed E-state index contributed by atoms with van der Waals surface area (Å²) in [5, 5.41) is 5.56. The van der Waals surface area contributed by atoms with E-state index in [0.717, 1.165) is 16.3 Å². The zero-order chi connectivity index (χ0) is 23.6. The third kappa shape index (κ3) is 5.10. The number of benzene rings is 2. The lowest BCUT2D eigenvalue weighted by atomic mass is 10.1. The Hall–Kier alpha value is -3.57. The second-order valence-electron chi connectivity index (χ2n) is 7.24. The van der Waals surface area contributed by atoms with E-state index < -0.39 is 34.5 Å². The molecule has 2 heterocycles. The zero-order valence-corrected chi connectivity index (χ0v) is 19.4. The van der Waals surface area contributed by atoms with Gasteiger partial charge in [0.1, 0.15) is 11.9 Å². The molecule has 1 aliphatic heterocycles. The summed E-state index contributed by atoms with van der Waals surface area (Å²) >= 11 is 1.54. The number of hydrogen-bond acceptors (Lipinski definition) is 8. The van der Waals surface area contributed by atoms with Crippen LogP contribution in [0.3, 0.4) is 0 Å². The molecule has 2 N–H and O–H groups in total. The molecule has 0 bridgehead atoms. The lowest BCUT2D eigenvalue weighted by Crippen LogP contribution is -2.28. The van der Waals surface area contributed by atoms with Crippen molar-refractivity contribution in [3.05, 3.63) is 64.5 Å². The normalized spacial score (nSPS) is 16.0. The van der Waals surface area contributed by atoms with Gasteiger partial charge >= 0.3 is 5.97 Å². The van der Waals surface area contributed by atoms with Crippen LogP contribution in [0, 0.1) is 6.92 Å². The number of thiazole rings is 1. The first kappa shape index (κ1) is 22.6. The van der Waals surface area contributed by atoms with Crippen molar-refractivity contribution in [2.24, 2.45) is 4.99 Å². The first-order chi connectivity index (χ1) is 15.7. The fourth-order valence-corrected chi connectivity index (χ4v) is 5.04. The average molecular weight is 485 g/mol. The summed E-state index contributed by atoms with van der Waals surface area (Å²) in [6.07, 6.45) is 0. The number of aryl methyl sites for hydroxylation is 1. The maximum atomic E-state index is 12.3. The molecule has 170 valence electrons. The number of sulfonamides is 1. The van der Waals surface area contributed by atoms with Crippen LogP contribution < -0.4 is 10.0 Å². The number of nitrogens with one attached hydrogen (secondary N) is 2. The van der Waals surface area contributed by atoms with Crippen molar-refractivity contribution >= 4 is 44.8 Å². The Bertz CT molecular complexity index is 1360. The second kappa shape index (κ2) is 9.12. The quantitative estimate of drug-likeness (QED) is 0.518. The SMILES string of the molecule is Cc1nc(-c2cccc(NC(=O)COC(=O)[C@H](C)N=C3NS(=O)(=O)c4ccccc43)c2)cs1. The van der Waals surface area contributed by atoms with Gasteiger partial charge in [0.2, 0.25) is 0 Å². The van der Waals surface area contributed by atoms with E-state index in [-0.39, 0.29) is 10.7 Å². The van der Waals surface area contributed by atoms with Crippen molar-refractivity contribution in [3.8, 4) is 11.3 Å². The monoisotopic (exact) mass is 484 g/mol. The second-order valence-corrected chi connectivity index (χ2v) is 9.96. The maximum absolute atomic E-state index is 12.3. The van der Waals surface area contributed by atoms with Crippen LogP contribution >= 0.6 is 11.3 Å². The molecule has 0 saturated heterocycles. The first-order valence-corrected chi connectivity index (χ1v) is 12.3. The minimum atomic E-state index is -3.71. The van der Waals surface area contributed by atoms with Crippen LogP contribution in [0.1, 0.15) is 17.5 Å². The molecule has 11 heteroatoms. The highest BCUT2D eigenvalue weighted by atomic mass is 32.2. The predicted octanol–water partition coefficient (Wildman–Crippen LogP) is 2.73. The molecule has 1 aliphatic rings. The van der Waals surface area contributed by atoms with Gasteiger partial charge in [0.15, 0.2) is 6.61 Å². The van der Waals surface area contributed by atoms with Crippen LogP contribution in [-0.4, -0.2) is 43.8 Å². The highest BCUT2D eigenvalue weighted by molar-refractivity contribution is 7.90. The average Bonchev–Trinajstić information content (AvgIpc) is 3.33. The molecule has 3 aromatic rings. The van der Waals surface area contributed by atoms with Gasteiger partial charge in [-0.1, -0.05) is 24.3 Å². The van der Waals surface area contributed by atoms with Gasteiger partial charge in [-0.25, -0.2) is 18.2 Å². The van der Waals surface area contributed by atoms with Crippen molar-refractivity contribution in [2.45, 2.75) is 24.8 Å². The van der Waals surface area contributed by atoms with Gasteiger partial charge in [-0.3, -0.25) is 14.5 Å². The summed E-state index contributed by atoms with van der Waals surface area (Å²) in [6, 6.07) is 12.5. The smallest absolute Gasteiger partial charge is 0.331 e. The summed E-state index contributed by atoms with van der Waals surface area (Å²) in [5.74, 6) is -1.21. The Morgan fingerprint density at radius 2 is 2.00 bits per heavy atom. The van der Waals surface area contributed by atoms with Crippen LogP contribution in [-0.2, 0) is 24.3 Å². The Morgan fingerprint density at radius 3 is 2.76 bits per heavy atom. The van der Waals surface area contributed by atoms with Crippen molar-refractivity contribution in [3.63, 3.8) is 0 Å². The highest BCUT2D eigenvalue weighted by Crippen LogP contribution is 2.24. The van der Waals surface area contributed by atoms with Gasteiger partial charge in [-0.2, -0.15) is 0 Å². The molecule has 0 saturated carbocycles. The number of amidine groups is 1. The first-order valence-electron chi connectivity index (χ1n) is 9.92. The van der Waals surface area contributed by atoms with E-state index >= 15 is 0 Å². The van der Waals surface area contributed by atoms with Gasteiger partial charge in [-0.05, 0) is 38.1 Å². The predicted molar refractivity (Wildman–Crippen MR) is 125 cm³/mol. The van der Waals surface area contributed by atoms with Crippen LogP contribution in [0.5, 0.6) is 0 Å². The van der Waals surface area contributed by atoms with Gasteiger partial charge in [-0.15, -0.1) is 11.3 Å². The number of carbonyl (C=O) groups excluding carboxylic acids is 2. The molecule has 0 radical (unpaired) electrons. The molecule has 2 aromatic carbocycles. The Labute approximate surface area is 194 Å². The number of amides is 1. The summed E-state index contributed by atoms with van der Waals surface area (Å²) in [5.41, 5.74) is 2.60. The molecule has 0 spiro atoms. The number of anilines is 1. The van der Waals surface area contributed by atoms with Gasteiger partial charge in [0.25, 0.3) is 15.9 Å². The number of hydrogen-bond donors (Lipinski definition) is 2. The molecule has 1 aromatic heterocycles. The summed E-state index contributed by atoms with van der Waals surface area (Å²) in [7, 11) is -3.71.